The molecule has 1 aliphatic carbocycles. The van der Waals surface area contributed by atoms with Crippen molar-refractivity contribution in [3.63, 3.8) is 0 Å². The van der Waals surface area contributed by atoms with Gasteiger partial charge in [-0.15, -0.1) is 5.10 Å². The Bertz CT molecular complexity index is 565. The van der Waals surface area contributed by atoms with Crippen molar-refractivity contribution in [2.24, 2.45) is 5.92 Å². The number of aryl methyl sites for hydroxylation is 1. The van der Waals surface area contributed by atoms with E-state index in [9.17, 15) is 0 Å². The minimum Gasteiger partial charge on any atom is -0.376 e. The first-order chi connectivity index (χ1) is 10.3. The monoisotopic (exact) mass is 285 g/mol. The fourth-order valence-electron chi connectivity index (χ4n) is 2.87. The third-order valence-electron chi connectivity index (χ3n) is 3.99. The van der Waals surface area contributed by atoms with Crippen molar-refractivity contribution in [2.45, 2.75) is 45.8 Å². The van der Waals surface area contributed by atoms with Crippen molar-refractivity contribution >= 4 is 0 Å². The molecule has 1 unspecified atom stereocenters. The van der Waals surface area contributed by atoms with Gasteiger partial charge < -0.3 is 4.74 Å². The SMILES string of the molecule is CC(COCc1ccccc1)Cn1nnc2c1CCCC2. The van der Waals surface area contributed by atoms with E-state index in [0.29, 0.717) is 12.5 Å². The summed E-state index contributed by atoms with van der Waals surface area (Å²) in [5, 5.41) is 8.62. The van der Waals surface area contributed by atoms with Gasteiger partial charge in [-0.05, 0) is 37.2 Å². The topological polar surface area (TPSA) is 39.9 Å². The Morgan fingerprint density at radius 2 is 2.00 bits per heavy atom. The molecular weight excluding hydrogens is 262 g/mol. The molecule has 2 aromatic rings. The molecule has 1 heterocycles. The van der Waals surface area contributed by atoms with Crippen LogP contribution < -0.4 is 0 Å². The number of rotatable bonds is 6. The number of nitrogens with zero attached hydrogens (tertiary/aromatic N) is 3. The summed E-state index contributed by atoms with van der Waals surface area (Å²) in [6.07, 6.45) is 4.73. The van der Waals surface area contributed by atoms with Gasteiger partial charge in [0.2, 0.25) is 0 Å². The first-order valence-electron chi connectivity index (χ1n) is 7.86. The van der Waals surface area contributed by atoms with Crippen molar-refractivity contribution in [2.75, 3.05) is 6.61 Å². The number of benzene rings is 1. The largest absolute Gasteiger partial charge is 0.376 e. The summed E-state index contributed by atoms with van der Waals surface area (Å²) in [4.78, 5) is 0. The quantitative estimate of drug-likeness (QED) is 0.819. The molecule has 1 aromatic heterocycles. The van der Waals surface area contributed by atoms with E-state index in [1.54, 1.807) is 0 Å². The molecule has 1 atom stereocenters. The van der Waals surface area contributed by atoms with E-state index in [-0.39, 0.29) is 0 Å². The van der Waals surface area contributed by atoms with Gasteiger partial charge in [-0.2, -0.15) is 0 Å². The molecule has 0 bridgehead atoms. The van der Waals surface area contributed by atoms with Crippen LogP contribution >= 0.6 is 0 Å². The van der Waals surface area contributed by atoms with Gasteiger partial charge >= 0.3 is 0 Å². The Kier molecular flexibility index (Phi) is 4.65. The minimum absolute atomic E-state index is 0.446. The fourth-order valence-corrected chi connectivity index (χ4v) is 2.87. The lowest BCUT2D eigenvalue weighted by molar-refractivity contribution is 0.0851. The Balaban J connectivity index is 1.48. The predicted molar refractivity (Wildman–Crippen MR) is 81.9 cm³/mol. The maximum absolute atomic E-state index is 5.81. The Hall–Kier alpha value is -1.68. The lowest BCUT2D eigenvalue weighted by atomic mass is 10.0. The number of fused-ring (bicyclic) bond motifs is 1. The van der Waals surface area contributed by atoms with Crippen LogP contribution in [0.25, 0.3) is 0 Å². The summed E-state index contributed by atoms with van der Waals surface area (Å²) in [6.45, 7) is 4.54. The molecule has 1 aliphatic rings. The summed E-state index contributed by atoms with van der Waals surface area (Å²) in [7, 11) is 0. The second kappa shape index (κ2) is 6.85. The number of hydrogen-bond acceptors (Lipinski definition) is 3. The van der Waals surface area contributed by atoms with E-state index in [1.807, 2.05) is 18.2 Å². The average Bonchev–Trinajstić information content (AvgIpc) is 2.92. The minimum atomic E-state index is 0.446. The van der Waals surface area contributed by atoms with Crippen LogP contribution in [0.2, 0.25) is 0 Å². The molecule has 0 radical (unpaired) electrons. The molecule has 0 saturated carbocycles. The highest BCUT2D eigenvalue weighted by molar-refractivity contribution is 5.14. The average molecular weight is 285 g/mol. The Labute approximate surface area is 126 Å². The van der Waals surface area contributed by atoms with Crippen molar-refractivity contribution in [3.05, 3.63) is 47.3 Å². The summed E-state index contributed by atoms with van der Waals surface area (Å²) in [5.74, 6) is 0.446. The highest BCUT2D eigenvalue weighted by Gasteiger charge is 2.17. The highest BCUT2D eigenvalue weighted by atomic mass is 16.5. The van der Waals surface area contributed by atoms with Crippen LogP contribution in [0.3, 0.4) is 0 Å². The standard InChI is InChI=1S/C17H23N3O/c1-14(12-21-13-15-7-3-2-4-8-15)11-20-17-10-6-5-9-16(17)18-19-20/h2-4,7-8,14H,5-6,9-13H2,1H3. The molecule has 4 nitrogen and oxygen atoms in total. The molecule has 4 heteroatoms. The van der Waals surface area contributed by atoms with Crippen LogP contribution in [0.15, 0.2) is 30.3 Å². The summed E-state index contributed by atoms with van der Waals surface area (Å²) >= 11 is 0. The second-order valence-corrected chi connectivity index (χ2v) is 5.98. The zero-order valence-corrected chi connectivity index (χ0v) is 12.7. The Morgan fingerprint density at radius 3 is 2.86 bits per heavy atom. The molecule has 0 spiro atoms. The Morgan fingerprint density at radius 1 is 1.19 bits per heavy atom. The second-order valence-electron chi connectivity index (χ2n) is 5.98. The maximum atomic E-state index is 5.81. The van der Waals surface area contributed by atoms with Gasteiger partial charge in [-0.25, -0.2) is 4.68 Å². The summed E-state index contributed by atoms with van der Waals surface area (Å²) in [5.41, 5.74) is 3.78. The van der Waals surface area contributed by atoms with Crippen LogP contribution in [0, 0.1) is 5.92 Å². The van der Waals surface area contributed by atoms with Gasteiger partial charge in [0.05, 0.1) is 24.6 Å². The van der Waals surface area contributed by atoms with Gasteiger partial charge in [-0.3, -0.25) is 0 Å². The molecule has 0 fully saturated rings. The van der Waals surface area contributed by atoms with Gasteiger partial charge in [0.15, 0.2) is 0 Å². The molecule has 1 aromatic carbocycles. The van der Waals surface area contributed by atoms with Crippen molar-refractivity contribution in [1.29, 1.82) is 0 Å². The van der Waals surface area contributed by atoms with Gasteiger partial charge in [-0.1, -0.05) is 42.5 Å². The van der Waals surface area contributed by atoms with E-state index in [0.717, 1.165) is 26.0 Å². The number of aromatic nitrogens is 3. The molecule has 3 rings (SSSR count). The van der Waals surface area contributed by atoms with Gasteiger partial charge in [0.1, 0.15) is 0 Å². The first kappa shape index (κ1) is 14.3. The van der Waals surface area contributed by atoms with Crippen molar-refractivity contribution in [3.8, 4) is 0 Å². The van der Waals surface area contributed by atoms with Crippen LogP contribution in [0.1, 0.15) is 36.7 Å². The third kappa shape index (κ3) is 3.70. The molecular formula is C17H23N3O. The molecule has 112 valence electrons. The van der Waals surface area contributed by atoms with Gasteiger partial charge in [0.25, 0.3) is 0 Å². The predicted octanol–water partition coefficient (Wildman–Crippen LogP) is 3.01. The zero-order valence-electron chi connectivity index (χ0n) is 12.7. The molecule has 0 amide bonds. The summed E-state index contributed by atoms with van der Waals surface area (Å²) < 4.78 is 7.90. The van der Waals surface area contributed by atoms with Gasteiger partial charge in [0, 0.05) is 6.54 Å². The normalized spacial score (nSPS) is 15.7. The van der Waals surface area contributed by atoms with Crippen LogP contribution in [0.5, 0.6) is 0 Å². The van der Waals surface area contributed by atoms with Crippen LogP contribution in [-0.4, -0.2) is 21.6 Å². The van der Waals surface area contributed by atoms with E-state index in [1.165, 1.54) is 29.8 Å². The molecule has 0 saturated heterocycles. The van der Waals surface area contributed by atoms with E-state index >= 15 is 0 Å². The lowest BCUT2D eigenvalue weighted by Crippen LogP contribution is -2.17. The van der Waals surface area contributed by atoms with E-state index in [4.69, 9.17) is 4.74 Å². The zero-order chi connectivity index (χ0) is 14.5. The van der Waals surface area contributed by atoms with E-state index < -0.39 is 0 Å². The molecule has 21 heavy (non-hydrogen) atoms. The lowest BCUT2D eigenvalue weighted by Gasteiger charge is -2.16. The number of ether oxygens (including phenoxy) is 1. The first-order valence-corrected chi connectivity index (χ1v) is 7.86. The van der Waals surface area contributed by atoms with Crippen molar-refractivity contribution < 1.29 is 4.74 Å². The van der Waals surface area contributed by atoms with Crippen LogP contribution in [0.4, 0.5) is 0 Å². The maximum Gasteiger partial charge on any atom is 0.0859 e. The summed E-state index contributed by atoms with van der Waals surface area (Å²) in [6, 6.07) is 10.3. The fraction of sp³-hybridized carbons (Fsp3) is 0.529. The third-order valence-corrected chi connectivity index (χ3v) is 3.99. The molecule has 0 N–H and O–H groups in total. The smallest absolute Gasteiger partial charge is 0.0859 e. The van der Waals surface area contributed by atoms with Crippen molar-refractivity contribution in [1.82, 2.24) is 15.0 Å². The van der Waals surface area contributed by atoms with Crippen LogP contribution in [-0.2, 0) is 30.7 Å². The number of hydrogen-bond donors (Lipinski definition) is 0. The molecule has 0 aliphatic heterocycles. The highest BCUT2D eigenvalue weighted by Crippen LogP contribution is 2.19. The van der Waals surface area contributed by atoms with E-state index in [2.05, 4.69) is 34.1 Å².